The quantitative estimate of drug-likeness (QED) is 0.447. The fraction of sp³-hybridized carbons (Fsp3) is 0.688. The second-order valence-electron chi connectivity index (χ2n) is 12.9. The fourth-order valence-electron chi connectivity index (χ4n) is 9.64. The summed E-state index contributed by atoms with van der Waals surface area (Å²) in [6.07, 6.45) is 14.3. The van der Waals surface area contributed by atoms with Crippen LogP contribution in [0.4, 0.5) is 0 Å². The Morgan fingerprint density at radius 1 is 1.05 bits per heavy atom. The van der Waals surface area contributed by atoms with E-state index < -0.39 is 5.41 Å². The van der Waals surface area contributed by atoms with Gasteiger partial charge in [-0.25, -0.2) is 9.59 Å². The Hall–Kier alpha value is -2.18. The van der Waals surface area contributed by atoms with Gasteiger partial charge in [-0.1, -0.05) is 32.3 Å². The fourth-order valence-corrected chi connectivity index (χ4v) is 9.64. The minimum atomic E-state index is -0.514. The standard InChI is InChI=1S/C32H42N2O4/c1-3-5-7-23-32-12-10-20(21(28(32)31(36)37-23)14-17-11-13-34-24(33)15-17)22-16-19-9-8-18(6-4-2)29-25(19)26(27(22)32)30(35)38-29/h7,17,19-20,22,24,27,34H,3-6,8-16,33H2,1-2H3. The molecule has 0 aromatic carbocycles. The van der Waals surface area contributed by atoms with E-state index in [1.807, 2.05) is 0 Å². The lowest BCUT2D eigenvalue weighted by Gasteiger charge is -2.57. The number of carbonyl (C=O) groups excluding carboxylic acids is 2. The van der Waals surface area contributed by atoms with Crippen molar-refractivity contribution in [2.24, 2.45) is 40.7 Å². The number of carbonyl (C=O) groups is 2. The number of fused-ring (bicyclic) bond motifs is 1. The van der Waals surface area contributed by atoms with Gasteiger partial charge in [0.1, 0.15) is 11.5 Å². The summed E-state index contributed by atoms with van der Waals surface area (Å²) >= 11 is 0. The molecule has 5 aliphatic carbocycles. The zero-order valence-electron chi connectivity index (χ0n) is 22.9. The highest BCUT2D eigenvalue weighted by atomic mass is 16.5. The number of nitrogens with one attached hydrogen (secondary N) is 1. The van der Waals surface area contributed by atoms with Crippen LogP contribution in [0.15, 0.2) is 45.5 Å². The Kier molecular flexibility index (Phi) is 6.01. The van der Waals surface area contributed by atoms with Crippen LogP contribution in [0, 0.1) is 35.0 Å². The molecule has 0 amide bonds. The molecule has 1 saturated carbocycles. The van der Waals surface area contributed by atoms with E-state index in [1.165, 1.54) is 16.7 Å². The second-order valence-corrected chi connectivity index (χ2v) is 12.9. The number of rotatable bonds is 6. The maximum Gasteiger partial charge on any atom is 0.340 e. The molecule has 0 aromatic rings. The zero-order valence-corrected chi connectivity index (χ0v) is 22.9. The Balaban J connectivity index is 1.41. The van der Waals surface area contributed by atoms with Gasteiger partial charge in [-0.05, 0) is 106 Å². The van der Waals surface area contributed by atoms with Crippen molar-refractivity contribution < 1.29 is 19.1 Å². The van der Waals surface area contributed by atoms with E-state index in [4.69, 9.17) is 15.2 Å². The van der Waals surface area contributed by atoms with Gasteiger partial charge >= 0.3 is 11.9 Å². The van der Waals surface area contributed by atoms with Crippen molar-refractivity contribution in [3.8, 4) is 0 Å². The number of hydrogen-bond donors (Lipinski definition) is 2. The number of allylic oxidation sites excluding steroid dienone is 5. The summed E-state index contributed by atoms with van der Waals surface area (Å²) in [5.74, 6) is 2.99. The maximum atomic E-state index is 13.8. The van der Waals surface area contributed by atoms with Crippen molar-refractivity contribution in [3.63, 3.8) is 0 Å². The molecule has 6 heteroatoms. The van der Waals surface area contributed by atoms with E-state index in [0.717, 1.165) is 106 Å². The van der Waals surface area contributed by atoms with Crippen molar-refractivity contribution in [1.82, 2.24) is 5.32 Å². The minimum Gasteiger partial charge on any atom is -0.427 e. The summed E-state index contributed by atoms with van der Waals surface area (Å²) in [6, 6.07) is 0. The normalized spacial score (nSPS) is 40.4. The average molecular weight is 519 g/mol. The first-order valence-electron chi connectivity index (χ1n) is 15.3. The largest absolute Gasteiger partial charge is 0.427 e. The van der Waals surface area contributed by atoms with Crippen LogP contribution >= 0.6 is 0 Å². The van der Waals surface area contributed by atoms with Gasteiger partial charge in [0.25, 0.3) is 0 Å². The Morgan fingerprint density at radius 2 is 1.92 bits per heavy atom. The molecule has 0 radical (unpaired) electrons. The first kappa shape index (κ1) is 24.8. The van der Waals surface area contributed by atoms with Crippen LogP contribution in [0.1, 0.15) is 90.9 Å². The third-order valence-corrected chi connectivity index (χ3v) is 11.0. The Labute approximate surface area is 226 Å². The highest BCUT2D eigenvalue weighted by Gasteiger charge is 2.69. The van der Waals surface area contributed by atoms with Crippen LogP contribution in [0.2, 0.25) is 0 Å². The molecular formula is C32H42N2O4. The van der Waals surface area contributed by atoms with Crippen LogP contribution in [0.5, 0.6) is 0 Å². The van der Waals surface area contributed by atoms with Gasteiger partial charge in [0.2, 0.25) is 0 Å². The number of nitrogens with two attached hydrogens (primary N) is 1. The molecule has 1 spiro atoms. The van der Waals surface area contributed by atoms with Crippen molar-refractivity contribution in [2.45, 2.75) is 97.1 Å². The number of hydrogen-bond acceptors (Lipinski definition) is 6. The summed E-state index contributed by atoms with van der Waals surface area (Å²) in [5, 5.41) is 3.38. The van der Waals surface area contributed by atoms with Gasteiger partial charge in [-0.3, -0.25) is 0 Å². The van der Waals surface area contributed by atoms with E-state index >= 15 is 0 Å². The van der Waals surface area contributed by atoms with Gasteiger partial charge in [-0.2, -0.15) is 0 Å². The van der Waals surface area contributed by atoms with Gasteiger partial charge in [0.15, 0.2) is 0 Å². The number of unbranched alkanes of at least 4 members (excludes halogenated alkanes) is 1. The number of cyclic esters (lactones) is 1. The second kappa shape index (κ2) is 9.19. The SMILES string of the molecule is CCCC=C1OC(=O)C2=C(CC3CCNC(N)C3)C3CCC12C1C2=C4C(=C(CCC)CCC4CC31)OC2=O. The van der Waals surface area contributed by atoms with Crippen molar-refractivity contribution in [1.29, 1.82) is 0 Å². The minimum absolute atomic E-state index is 0.0120. The highest BCUT2D eigenvalue weighted by molar-refractivity contribution is 6.00. The molecule has 3 aliphatic heterocycles. The Bertz CT molecular complexity index is 1210. The summed E-state index contributed by atoms with van der Waals surface area (Å²) in [4.78, 5) is 27.5. The van der Waals surface area contributed by atoms with Crippen molar-refractivity contribution >= 4 is 11.9 Å². The lowest BCUT2D eigenvalue weighted by Crippen LogP contribution is -2.54. The first-order chi connectivity index (χ1) is 18.5. The predicted molar refractivity (Wildman–Crippen MR) is 144 cm³/mol. The zero-order chi connectivity index (χ0) is 26.2. The first-order valence-corrected chi connectivity index (χ1v) is 15.3. The van der Waals surface area contributed by atoms with Crippen LogP contribution in [-0.4, -0.2) is 24.6 Å². The number of ether oxygens (including phenoxy) is 2. The van der Waals surface area contributed by atoms with Gasteiger partial charge in [-0.15, -0.1) is 0 Å². The third-order valence-electron chi connectivity index (χ3n) is 11.0. The smallest absolute Gasteiger partial charge is 0.340 e. The molecule has 2 saturated heterocycles. The van der Waals surface area contributed by atoms with E-state index in [1.54, 1.807) is 0 Å². The lowest BCUT2D eigenvalue weighted by molar-refractivity contribution is -0.135. The lowest BCUT2D eigenvalue weighted by atomic mass is 9.43. The van der Waals surface area contributed by atoms with Gasteiger partial charge < -0.3 is 20.5 Å². The van der Waals surface area contributed by atoms with Crippen LogP contribution < -0.4 is 11.1 Å². The van der Waals surface area contributed by atoms with Crippen LogP contribution in [-0.2, 0) is 19.1 Å². The summed E-state index contributed by atoms with van der Waals surface area (Å²) in [6.45, 7) is 5.29. The van der Waals surface area contributed by atoms with Crippen LogP contribution in [0.3, 0.4) is 0 Å². The molecular weight excluding hydrogens is 476 g/mol. The molecule has 38 heavy (non-hydrogen) atoms. The molecule has 6 nitrogen and oxygen atoms in total. The highest BCUT2D eigenvalue weighted by Crippen LogP contribution is 2.72. The molecule has 8 aliphatic rings. The molecule has 7 atom stereocenters. The molecule has 3 fully saturated rings. The van der Waals surface area contributed by atoms with E-state index in [9.17, 15) is 9.59 Å². The molecule has 204 valence electrons. The number of piperidine rings is 1. The molecule has 8 rings (SSSR count). The molecule has 7 unspecified atom stereocenters. The monoisotopic (exact) mass is 518 g/mol. The topological polar surface area (TPSA) is 90.7 Å². The molecule has 3 heterocycles. The summed E-state index contributed by atoms with van der Waals surface area (Å²) in [5.41, 5.74) is 11.5. The third kappa shape index (κ3) is 3.38. The van der Waals surface area contributed by atoms with Crippen molar-refractivity contribution in [2.75, 3.05) is 6.54 Å². The average Bonchev–Trinajstić information content (AvgIpc) is 3.40. The van der Waals surface area contributed by atoms with E-state index in [0.29, 0.717) is 23.7 Å². The van der Waals surface area contributed by atoms with E-state index in [2.05, 4.69) is 25.2 Å². The summed E-state index contributed by atoms with van der Waals surface area (Å²) in [7, 11) is 0. The molecule has 0 aromatic heterocycles. The van der Waals surface area contributed by atoms with Crippen molar-refractivity contribution in [3.05, 3.63) is 45.5 Å². The van der Waals surface area contributed by atoms with Gasteiger partial charge in [0, 0.05) is 17.1 Å². The molecule has 2 bridgehead atoms. The predicted octanol–water partition coefficient (Wildman–Crippen LogP) is 5.56. The van der Waals surface area contributed by atoms with E-state index in [-0.39, 0.29) is 24.0 Å². The number of esters is 2. The van der Waals surface area contributed by atoms with Gasteiger partial charge in [0.05, 0.1) is 17.2 Å². The molecule has 3 N–H and O–H groups in total. The Morgan fingerprint density at radius 3 is 2.71 bits per heavy atom. The van der Waals surface area contributed by atoms with Crippen LogP contribution in [0.25, 0.3) is 0 Å². The maximum absolute atomic E-state index is 13.8. The summed E-state index contributed by atoms with van der Waals surface area (Å²) < 4.78 is 12.3.